The highest BCUT2D eigenvalue weighted by molar-refractivity contribution is 6.36. The Kier molecular flexibility index (Phi) is 12.1. The molecular weight excluding hydrogens is 820 g/mol. The van der Waals surface area contributed by atoms with Crippen molar-refractivity contribution in [1.82, 2.24) is 25.5 Å². The van der Waals surface area contributed by atoms with Crippen molar-refractivity contribution in [1.29, 1.82) is 0 Å². The number of rotatable bonds is 12. The predicted octanol–water partition coefficient (Wildman–Crippen LogP) is 6.83. The van der Waals surface area contributed by atoms with E-state index in [1.54, 1.807) is 63.2 Å². The van der Waals surface area contributed by atoms with Crippen molar-refractivity contribution >= 4 is 58.3 Å². The summed E-state index contributed by atoms with van der Waals surface area (Å²) < 4.78 is 28.5. The van der Waals surface area contributed by atoms with Crippen LogP contribution in [0.1, 0.15) is 73.6 Å². The van der Waals surface area contributed by atoms with Crippen LogP contribution in [-0.2, 0) is 28.6 Å². The van der Waals surface area contributed by atoms with E-state index in [9.17, 15) is 24.0 Å². The van der Waals surface area contributed by atoms with Gasteiger partial charge in [0.1, 0.15) is 57.8 Å². The van der Waals surface area contributed by atoms with Crippen LogP contribution >= 0.6 is 11.6 Å². The molecule has 3 aromatic rings. The molecule has 4 amide bonds. The third kappa shape index (κ3) is 9.39. The molecule has 4 fully saturated rings. The number of pyridine rings is 2. The summed E-state index contributed by atoms with van der Waals surface area (Å²) in [6.07, 6.45) is 2.27. The number of nitrogens with zero attached hydrogens (tertiary/aromatic N) is 3. The molecule has 3 N–H and O–H groups in total. The molecule has 1 unspecified atom stereocenters. The smallest absolute Gasteiger partial charge is 0.413 e. The Morgan fingerprint density at radius 3 is 2.27 bits per heavy atom. The van der Waals surface area contributed by atoms with Crippen LogP contribution in [0.15, 0.2) is 49.1 Å². The lowest BCUT2D eigenvalue weighted by Gasteiger charge is -2.35. The van der Waals surface area contributed by atoms with E-state index in [0.29, 0.717) is 45.6 Å². The van der Waals surface area contributed by atoms with Crippen molar-refractivity contribution in [3.05, 3.63) is 54.1 Å². The van der Waals surface area contributed by atoms with Crippen LogP contribution in [0.25, 0.3) is 22.3 Å². The molecule has 1 aliphatic heterocycles. The molecule has 2 aromatic heterocycles. The maximum absolute atomic E-state index is 14.8. The van der Waals surface area contributed by atoms with Crippen molar-refractivity contribution in [3.63, 3.8) is 0 Å². The van der Waals surface area contributed by atoms with Gasteiger partial charge in [0, 0.05) is 23.8 Å². The van der Waals surface area contributed by atoms with E-state index in [1.165, 1.54) is 19.1 Å². The predicted molar refractivity (Wildman–Crippen MR) is 230 cm³/mol. The average molecular weight is 875 g/mol. The second-order valence-corrected chi connectivity index (χ2v) is 19.1. The number of anilines is 1. The van der Waals surface area contributed by atoms with Gasteiger partial charge in [-0.05, 0) is 88.0 Å². The van der Waals surface area contributed by atoms with Crippen LogP contribution in [0.5, 0.6) is 11.5 Å². The molecule has 3 saturated carbocycles. The number of carbonyl (C=O) groups excluding carboxylic acids is 5. The molecule has 0 radical (unpaired) electrons. The first-order chi connectivity index (χ1) is 29.2. The summed E-state index contributed by atoms with van der Waals surface area (Å²) in [5.41, 5.74) is -1.86. The van der Waals surface area contributed by atoms with E-state index >= 15 is 0 Å². The fourth-order valence-corrected chi connectivity index (χ4v) is 8.85. The number of alkyl carbamates (subject to hydrolysis) is 1. The zero-order chi connectivity index (χ0) is 44.9. The fourth-order valence-electron chi connectivity index (χ4n) is 8.57. The normalized spacial score (nSPS) is 25.5. The SMILES string of the molecule is C=C[C@@H]1C[C@]1(NC(=O)[C@@H]1C[C@@H](Oc2cc(-c3cccc(NC(=O)OC(C)(C)C)n3)nc3c(Cl)c(OC)ccc23)CN1C(=O)[C@@H](NC(=O)OC1C[C@@H]2C[C@@H]2C1)C(C)(C)C)C(=O)OC. The van der Waals surface area contributed by atoms with E-state index in [2.05, 4.69) is 27.5 Å². The van der Waals surface area contributed by atoms with Crippen LogP contribution in [0, 0.1) is 23.2 Å². The number of esters is 1. The van der Waals surface area contributed by atoms with Crippen molar-refractivity contribution in [2.24, 2.45) is 23.2 Å². The van der Waals surface area contributed by atoms with E-state index < -0.39 is 64.7 Å². The van der Waals surface area contributed by atoms with Crippen LogP contribution in [0.4, 0.5) is 15.4 Å². The van der Waals surface area contributed by atoms with E-state index in [0.717, 1.165) is 19.3 Å². The van der Waals surface area contributed by atoms with Gasteiger partial charge in [-0.1, -0.05) is 44.5 Å². The molecule has 1 aromatic carbocycles. The van der Waals surface area contributed by atoms with Gasteiger partial charge in [-0.3, -0.25) is 14.9 Å². The summed E-state index contributed by atoms with van der Waals surface area (Å²) in [5, 5.41) is 9.06. The summed E-state index contributed by atoms with van der Waals surface area (Å²) in [6.45, 7) is 14.5. The summed E-state index contributed by atoms with van der Waals surface area (Å²) in [7, 11) is 2.73. The Labute approximate surface area is 365 Å². The zero-order valence-corrected chi connectivity index (χ0v) is 37.1. The lowest BCUT2D eigenvalue weighted by Crippen LogP contribution is -2.59. The number of methoxy groups -OCH3 is 2. The maximum Gasteiger partial charge on any atom is 0.413 e. The summed E-state index contributed by atoms with van der Waals surface area (Å²) in [5.74, 6) is -0.0541. The third-order valence-corrected chi connectivity index (χ3v) is 12.3. The minimum Gasteiger partial charge on any atom is -0.495 e. The Bertz CT molecular complexity index is 2280. The first kappa shape index (κ1) is 44.4. The van der Waals surface area contributed by atoms with Crippen LogP contribution < -0.4 is 25.4 Å². The van der Waals surface area contributed by atoms with Crippen molar-refractivity contribution in [2.45, 2.75) is 109 Å². The lowest BCUT2D eigenvalue weighted by molar-refractivity contribution is -0.148. The number of hydrogen-bond acceptors (Lipinski definition) is 12. The van der Waals surface area contributed by atoms with Crippen LogP contribution in [0.3, 0.4) is 0 Å². The van der Waals surface area contributed by atoms with Crippen LogP contribution in [-0.4, -0.2) is 101 Å². The third-order valence-electron chi connectivity index (χ3n) is 11.9. The summed E-state index contributed by atoms with van der Waals surface area (Å²) >= 11 is 6.86. The molecule has 3 heterocycles. The number of likely N-dealkylation sites (tertiary alicyclic amines) is 1. The minimum atomic E-state index is -1.33. The summed E-state index contributed by atoms with van der Waals surface area (Å²) in [6, 6.07) is 7.87. The number of hydrogen-bond donors (Lipinski definition) is 3. The molecule has 0 spiro atoms. The van der Waals surface area contributed by atoms with Gasteiger partial charge in [-0.25, -0.2) is 24.4 Å². The molecule has 1 saturated heterocycles. The van der Waals surface area contributed by atoms with Gasteiger partial charge < -0.3 is 39.2 Å². The number of amides is 4. The second-order valence-electron chi connectivity index (χ2n) is 18.7. The molecule has 62 heavy (non-hydrogen) atoms. The lowest BCUT2D eigenvalue weighted by atomic mass is 9.85. The molecule has 4 aliphatic rings. The maximum atomic E-state index is 14.8. The van der Waals surface area contributed by atoms with Gasteiger partial charge in [-0.15, -0.1) is 6.58 Å². The Balaban J connectivity index is 1.21. The highest BCUT2D eigenvalue weighted by Crippen LogP contribution is 2.52. The molecule has 0 bridgehead atoms. The number of halogens is 1. The van der Waals surface area contributed by atoms with Crippen molar-refractivity contribution in [2.75, 3.05) is 26.1 Å². The van der Waals surface area contributed by atoms with Crippen molar-refractivity contribution < 1.29 is 47.7 Å². The first-order valence-corrected chi connectivity index (χ1v) is 21.2. The topological polar surface area (TPSA) is 197 Å². The largest absolute Gasteiger partial charge is 0.495 e. The molecule has 3 aliphatic carbocycles. The van der Waals surface area contributed by atoms with Gasteiger partial charge in [0.05, 0.1) is 37.7 Å². The number of benzene rings is 1. The molecule has 8 atom stereocenters. The standard InChI is InChI=1S/C45H55ClN6O10/c1-10-25-21-45(25,40(55)59-9)51-38(53)31-19-27(22-52(31)39(54)37(43(2,3)4)50-41(56)61-26-17-23-16-24(23)18-26)60-33-20-30(48-36-28(33)14-15-32(58-8)35(36)46)29-12-11-13-34(47-29)49-42(57)62-44(5,6)7/h10-15,20,23-27,31,37H,1,16-19,21-22H2,2-9H3,(H,50,56)(H,51,53)(H,47,49,57)/t23-,24+,25-,26?,27-,31+,37-,45-/m1/s1. The first-order valence-electron chi connectivity index (χ1n) is 20.9. The fraction of sp³-hybridized carbons (Fsp3) is 0.533. The Morgan fingerprint density at radius 2 is 1.65 bits per heavy atom. The van der Waals surface area contributed by atoms with Crippen LogP contribution in [0.2, 0.25) is 5.02 Å². The van der Waals surface area contributed by atoms with E-state index in [4.69, 9.17) is 40.3 Å². The zero-order valence-electron chi connectivity index (χ0n) is 36.3. The van der Waals surface area contributed by atoms with Gasteiger partial charge in [0.2, 0.25) is 11.8 Å². The molecular formula is C45H55ClN6O10. The Morgan fingerprint density at radius 1 is 0.919 bits per heavy atom. The van der Waals surface area contributed by atoms with Gasteiger partial charge in [0.15, 0.2) is 0 Å². The average Bonchev–Trinajstić information content (AvgIpc) is 4.01. The van der Waals surface area contributed by atoms with Gasteiger partial charge >= 0.3 is 18.2 Å². The number of ether oxygens (including phenoxy) is 5. The van der Waals surface area contributed by atoms with Gasteiger partial charge in [-0.2, -0.15) is 0 Å². The second kappa shape index (κ2) is 16.9. The number of aromatic nitrogens is 2. The number of carbonyl (C=O) groups is 5. The van der Waals surface area contributed by atoms with Crippen molar-refractivity contribution in [3.8, 4) is 22.9 Å². The Hall–Kier alpha value is -5.64. The van der Waals surface area contributed by atoms with E-state index in [-0.39, 0.29) is 42.2 Å². The molecule has 17 heteroatoms. The van der Waals surface area contributed by atoms with Gasteiger partial charge in [0.25, 0.3) is 0 Å². The highest BCUT2D eigenvalue weighted by atomic mass is 35.5. The number of fused-ring (bicyclic) bond motifs is 2. The quantitative estimate of drug-likeness (QED) is 0.0977. The number of nitrogens with one attached hydrogen (secondary N) is 3. The molecule has 332 valence electrons. The summed E-state index contributed by atoms with van der Waals surface area (Å²) in [4.78, 5) is 79.0. The molecule has 16 nitrogen and oxygen atoms in total. The monoisotopic (exact) mass is 874 g/mol. The van der Waals surface area contributed by atoms with E-state index in [1.807, 2.05) is 20.8 Å². The highest BCUT2D eigenvalue weighted by Gasteiger charge is 2.62. The minimum absolute atomic E-state index is 0.0102. The molecule has 7 rings (SSSR count).